The van der Waals surface area contributed by atoms with Crippen molar-refractivity contribution in [2.45, 2.75) is 33.1 Å². The molecule has 0 atom stereocenters. The highest BCUT2D eigenvalue weighted by Crippen LogP contribution is 2.41. The Hall–Kier alpha value is -2.54. The summed E-state index contributed by atoms with van der Waals surface area (Å²) in [6.45, 7) is 8.92. The summed E-state index contributed by atoms with van der Waals surface area (Å²) in [4.78, 5) is 0. The second kappa shape index (κ2) is 5.24. The van der Waals surface area contributed by atoms with Crippen LogP contribution in [0.2, 0.25) is 0 Å². The number of benzene rings is 3. The van der Waals surface area contributed by atoms with Crippen molar-refractivity contribution in [2.75, 3.05) is 0 Å². The lowest BCUT2D eigenvalue weighted by atomic mass is 9.83. The van der Waals surface area contributed by atoms with Crippen molar-refractivity contribution in [3.8, 4) is 11.1 Å². The lowest BCUT2D eigenvalue weighted by Gasteiger charge is -2.20. The fourth-order valence-corrected chi connectivity index (χ4v) is 3.54. The Morgan fingerprint density at radius 3 is 2.12 bits per heavy atom. The number of hydrogen-bond donors (Lipinski definition) is 0. The fourth-order valence-electron chi connectivity index (χ4n) is 3.54. The van der Waals surface area contributed by atoms with Gasteiger partial charge in [-0.15, -0.1) is 0 Å². The maximum Gasteiger partial charge on any atom is 0.136 e. The van der Waals surface area contributed by atoms with E-state index in [2.05, 4.69) is 88.4 Å². The Bertz CT molecular complexity index is 1040. The first-order chi connectivity index (χ1) is 11.4. The predicted octanol–water partition coefficient (Wildman–Crippen LogP) is 6.86. The van der Waals surface area contributed by atoms with Crippen LogP contribution in [0.1, 0.15) is 31.9 Å². The van der Waals surface area contributed by atoms with Crippen LogP contribution in [0.25, 0.3) is 33.1 Å². The second-order valence-corrected chi connectivity index (χ2v) is 7.58. The van der Waals surface area contributed by atoms with Gasteiger partial charge in [-0.05, 0) is 41.2 Å². The van der Waals surface area contributed by atoms with E-state index in [1.165, 1.54) is 33.0 Å². The Morgan fingerprint density at radius 2 is 1.42 bits per heavy atom. The van der Waals surface area contributed by atoms with Gasteiger partial charge in [-0.1, -0.05) is 74.9 Å². The minimum absolute atomic E-state index is 0.0655. The molecule has 4 aromatic rings. The second-order valence-electron chi connectivity index (χ2n) is 7.58. The Kier molecular flexibility index (Phi) is 3.28. The van der Waals surface area contributed by atoms with Crippen molar-refractivity contribution in [3.63, 3.8) is 0 Å². The molecule has 0 saturated heterocycles. The smallest absolute Gasteiger partial charge is 0.136 e. The molecular formula is C23H22O. The average molecular weight is 314 g/mol. The summed E-state index contributed by atoms with van der Waals surface area (Å²) in [5.41, 5.74) is 7.08. The molecule has 1 heterocycles. The molecule has 1 nitrogen and oxygen atoms in total. The van der Waals surface area contributed by atoms with E-state index in [0.29, 0.717) is 0 Å². The third-order valence-electron chi connectivity index (χ3n) is 4.66. The summed E-state index contributed by atoms with van der Waals surface area (Å²) in [6, 6.07) is 21.4. The molecule has 0 aliphatic carbocycles. The van der Waals surface area contributed by atoms with Crippen LogP contribution < -0.4 is 0 Å². The van der Waals surface area contributed by atoms with Gasteiger partial charge < -0.3 is 4.42 Å². The first-order valence-electron chi connectivity index (χ1n) is 8.47. The molecular weight excluding hydrogens is 292 g/mol. The number of aryl methyl sites for hydroxylation is 1. The van der Waals surface area contributed by atoms with E-state index in [9.17, 15) is 0 Å². The van der Waals surface area contributed by atoms with Crippen LogP contribution in [0.5, 0.6) is 0 Å². The molecule has 0 unspecified atom stereocenters. The maximum absolute atomic E-state index is 6.18. The van der Waals surface area contributed by atoms with Gasteiger partial charge in [0.15, 0.2) is 0 Å². The van der Waals surface area contributed by atoms with Crippen molar-refractivity contribution < 1.29 is 4.42 Å². The zero-order valence-electron chi connectivity index (χ0n) is 14.7. The standard InChI is InChI=1S/C23H22O/c1-15-8-5-9-16(14-15)17-10-6-12-19-21(17)22-18(23(2,3)4)11-7-13-20(22)24-19/h5-14H,1-4H3. The van der Waals surface area contributed by atoms with Crippen LogP contribution in [0.4, 0.5) is 0 Å². The third-order valence-corrected chi connectivity index (χ3v) is 4.66. The molecule has 0 amide bonds. The average Bonchev–Trinajstić information content (AvgIpc) is 2.92. The van der Waals surface area contributed by atoms with Gasteiger partial charge in [0.2, 0.25) is 0 Å². The largest absolute Gasteiger partial charge is 0.456 e. The van der Waals surface area contributed by atoms with Crippen molar-refractivity contribution in [1.29, 1.82) is 0 Å². The molecule has 0 bridgehead atoms. The predicted molar refractivity (Wildman–Crippen MR) is 103 cm³/mol. The highest BCUT2D eigenvalue weighted by Gasteiger charge is 2.22. The molecule has 120 valence electrons. The van der Waals surface area contributed by atoms with Crippen LogP contribution in [-0.2, 0) is 5.41 Å². The van der Waals surface area contributed by atoms with Crippen molar-refractivity contribution >= 4 is 21.9 Å². The van der Waals surface area contributed by atoms with Crippen LogP contribution >= 0.6 is 0 Å². The molecule has 0 radical (unpaired) electrons. The summed E-state index contributed by atoms with van der Waals surface area (Å²) >= 11 is 0. The first kappa shape index (κ1) is 15.0. The maximum atomic E-state index is 6.18. The minimum atomic E-state index is 0.0655. The minimum Gasteiger partial charge on any atom is -0.456 e. The molecule has 0 N–H and O–H groups in total. The van der Waals surface area contributed by atoms with Gasteiger partial charge in [0.05, 0.1) is 0 Å². The van der Waals surface area contributed by atoms with E-state index < -0.39 is 0 Å². The van der Waals surface area contributed by atoms with Gasteiger partial charge >= 0.3 is 0 Å². The molecule has 0 saturated carbocycles. The molecule has 0 fully saturated rings. The van der Waals surface area contributed by atoms with Crippen molar-refractivity contribution in [2.24, 2.45) is 0 Å². The third kappa shape index (κ3) is 2.32. The molecule has 0 aliphatic rings. The van der Waals surface area contributed by atoms with Crippen LogP contribution in [0.3, 0.4) is 0 Å². The lowest BCUT2D eigenvalue weighted by Crippen LogP contribution is -2.11. The van der Waals surface area contributed by atoms with E-state index in [0.717, 1.165) is 11.2 Å². The van der Waals surface area contributed by atoms with E-state index in [4.69, 9.17) is 4.42 Å². The van der Waals surface area contributed by atoms with E-state index in [-0.39, 0.29) is 5.41 Å². The van der Waals surface area contributed by atoms with Gasteiger partial charge in [0, 0.05) is 10.8 Å². The first-order valence-corrected chi connectivity index (χ1v) is 8.47. The zero-order chi connectivity index (χ0) is 16.9. The Morgan fingerprint density at radius 1 is 0.750 bits per heavy atom. The van der Waals surface area contributed by atoms with Gasteiger partial charge in [-0.3, -0.25) is 0 Å². The number of fused-ring (bicyclic) bond motifs is 3. The molecule has 24 heavy (non-hydrogen) atoms. The quantitative estimate of drug-likeness (QED) is 0.374. The Balaban J connectivity index is 2.17. The number of furan rings is 1. The van der Waals surface area contributed by atoms with Crippen LogP contribution in [0.15, 0.2) is 65.1 Å². The Labute approximate surface area is 142 Å². The SMILES string of the molecule is Cc1cccc(-c2cccc3oc4cccc(C(C)(C)C)c4c23)c1. The topological polar surface area (TPSA) is 13.1 Å². The molecule has 4 rings (SSSR count). The molecule has 0 aliphatic heterocycles. The fraction of sp³-hybridized carbons (Fsp3) is 0.217. The summed E-state index contributed by atoms with van der Waals surface area (Å²) in [7, 11) is 0. The summed E-state index contributed by atoms with van der Waals surface area (Å²) < 4.78 is 6.18. The monoisotopic (exact) mass is 314 g/mol. The number of rotatable bonds is 1. The lowest BCUT2D eigenvalue weighted by molar-refractivity contribution is 0.594. The zero-order valence-corrected chi connectivity index (χ0v) is 14.7. The van der Waals surface area contributed by atoms with Crippen LogP contribution in [-0.4, -0.2) is 0 Å². The normalized spacial score (nSPS) is 12.2. The highest BCUT2D eigenvalue weighted by atomic mass is 16.3. The highest BCUT2D eigenvalue weighted by molar-refractivity contribution is 6.14. The van der Waals surface area contributed by atoms with Crippen LogP contribution in [0, 0.1) is 6.92 Å². The summed E-state index contributed by atoms with van der Waals surface area (Å²) in [6.07, 6.45) is 0. The van der Waals surface area contributed by atoms with Gasteiger partial charge in [0.25, 0.3) is 0 Å². The molecule has 3 aromatic carbocycles. The summed E-state index contributed by atoms with van der Waals surface area (Å²) in [5.74, 6) is 0. The molecule has 1 aromatic heterocycles. The van der Waals surface area contributed by atoms with Gasteiger partial charge in [0.1, 0.15) is 11.2 Å². The van der Waals surface area contributed by atoms with E-state index in [1.54, 1.807) is 0 Å². The molecule has 0 spiro atoms. The van der Waals surface area contributed by atoms with E-state index >= 15 is 0 Å². The van der Waals surface area contributed by atoms with Crippen molar-refractivity contribution in [3.05, 3.63) is 71.8 Å². The van der Waals surface area contributed by atoms with E-state index in [1.807, 2.05) is 0 Å². The molecule has 1 heteroatoms. The summed E-state index contributed by atoms with van der Waals surface area (Å²) in [5, 5.41) is 2.47. The van der Waals surface area contributed by atoms with Crippen molar-refractivity contribution in [1.82, 2.24) is 0 Å². The van der Waals surface area contributed by atoms with Gasteiger partial charge in [-0.25, -0.2) is 0 Å². The van der Waals surface area contributed by atoms with Gasteiger partial charge in [-0.2, -0.15) is 0 Å². The number of hydrogen-bond acceptors (Lipinski definition) is 1.